The van der Waals surface area contributed by atoms with Gasteiger partial charge < -0.3 is 24.3 Å². The highest BCUT2D eigenvalue weighted by molar-refractivity contribution is 6.42. The molecule has 0 N–H and O–H groups in total. The largest absolute Gasteiger partial charge is 0.550 e. The SMILES string of the molecule is COc1ccc(OC)c(C2C(C(C)=O)C(=O)C(=O)N2CCC(=O)[O-])c1. The van der Waals surface area contributed by atoms with Crippen molar-refractivity contribution in [2.75, 3.05) is 20.8 Å². The molecule has 25 heavy (non-hydrogen) atoms. The standard InChI is InChI=1S/C17H19NO7/c1-9(19)14-15(11-8-10(24-2)4-5-12(11)25-3)18(7-6-13(20)21)17(23)16(14)22/h4-5,8,14-15H,6-7H2,1-3H3,(H,20,21)/p-1. The molecule has 2 atom stereocenters. The number of carboxylic acid groups (broad SMARTS) is 1. The number of carbonyl (C=O) groups excluding carboxylic acids is 4. The smallest absolute Gasteiger partial charge is 0.291 e. The maximum Gasteiger partial charge on any atom is 0.291 e. The number of Topliss-reactive ketones (excluding diaryl/α,β-unsaturated/α-hetero) is 2. The fraction of sp³-hybridized carbons (Fsp3) is 0.412. The summed E-state index contributed by atoms with van der Waals surface area (Å²) in [4.78, 5) is 48.5. The first-order chi connectivity index (χ1) is 11.8. The Labute approximate surface area is 144 Å². The molecule has 8 nitrogen and oxygen atoms in total. The third-order valence-corrected chi connectivity index (χ3v) is 4.16. The van der Waals surface area contributed by atoms with E-state index in [1.165, 1.54) is 21.1 Å². The van der Waals surface area contributed by atoms with Gasteiger partial charge in [-0.05, 0) is 25.1 Å². The van der Waals surface area contributed by atoms with Crippen molar-refractivity contribution in [2.45, 2.75) is 19.4 Å². The van der Waals surface area contributed by atoms with Gasteiger partial charge in [0.2, 0.25) is 5.78 Å². The molecule has 1 saturated heterocycles. The molecule has 1 amide bonds. The molecular weight excluding hydrogens is 330 g/mol. The van der Waals surface area contributed by atoms with Crippen molar-refractivity contribution in [2.24, 2.45) is 5.92 Å². The van der Waals surface area contributed by atoms with Crippen molar-refractivity contribution in [3.63, 3.8) is 0 Å². The predicted molar refractivity (Wildman–Crippen MR) is 82.8 cm³/mol. The Kier molecular flexibility index (Phi) is 5.41. The van der Waals surface area contributed by atoms with Gasteiger partial charge >= 0.3 is 0 Å². The molecule has 1 aromatic rings. The van der Waals surface area contributed by atoms with E-state index in [1.807, 2.05) is 0 Å². The summed E-state index contributed by atoms with van der Waals surface area (Å²) in [6.45, 7) is 0.972. The monoisotopic (exact) mass is 348 g/mol. The molecule has 0 bridgehead atoms. The third kappa shape index (κ3) is 3.47. The highest BCUT2D eigenvalue weighted by Gasteiger charge is 2.50. The number of amides is 1. The molecule has 0 radical (unpaired) electrons. The Morgan fingerprint density at radius 2 is 1.88 bits per heavy atom. The van der Waals surface area contributed by atoms with Crippen LogP contribution in [0.4, 0.5) is 0 Å². The van der Waals surface area contributed by atoms with Crippen molar-refractivity contribution in [3.05, 3.63) is 23.8 Å². The van der Waals surface area contributed by atoms with Gasteiger partial charge in [0.1, 0.15) is 23.2 Å². The Balaban J connectivity index is 2.58. The molecule has 1 heterocycles. The van der Waals surface area contributed by atoms with Crippen molar-refractivity contribution in [1.29, 1.82) is 0 Å². The van der Waals surface area contributed by atoms with Gasteiger partial charge in [-0.2, -0.15) is 0 Å². The van der Waals surface area contributed by atoms with E-state index in [4.69, 9.17) is 9.47 Å². The van der Waals surface area contributed by atoms with Crippen molar-refractivity contribution >= 4 is 23.4 Å². The summed E-state index contributed by atoms with van der Waals surface area (Å²) in [5.74, 6) is -4.01. The van der Waals surface area contributed by atoms with Crippen LogP contribution in [0.1, 0.15) is 24.9 Å². The maximum absolute atomic E-state index is 12.3. The van der Waals surface area contributed by atoms with Crippen LogP contribution in [0, 0.1) is 5.92 Å². The topological polar surface area (TPSA) is 113 Å². The Hall–Kier alpha value is -2.90. The molecule has 0 saturated carbocycles. The molecule has 0 spiro atoms. The lowest BCUT2D eigenvalue weighted by Gasteiger charge is -2.28. The number of benzene rings is 1. The van der Waals surface area contributed by atoms with Gasteiger partial charge in [0.05, 0.1) is 20.3 Å². The number of likely N-dealkylation sites (tertiary alicyclic amines) is 1. The lowest BCUT2D eigenvalue weighted by atomic mass is 9.89. The van der Waals surface area contributed by atoms with E-state index >= 15 is 0 Å². The van der Waals surface area contributed by atoms with E-state index in [2.05, 4.69) is 0 Å². The Morgan fingerprint density at radius 3 is 2.40 bits per heavy atom. The van der Waals surface area contributed by atoms with E-state index in [0.717, 1.165) is 4.90 Å². The molecule has 1 aliphatic heterocycles. The number of carbonyl (C=O) groups is 4. The lowest BCUT2D eigenvalue weighted by molar-refractivity contribution is -0.305. The van der Waals surface area contributed by atoms with Crippen molar-refractivity contribution < 1.29 is 33.8 Å². The number of aliphatic carboxylic acids is 1. The molecule has 2 unspecified atom stereocenters. The van der Waals surface area contributed by atoms with Crippen LogP contribution >= 0.6 is 0 Å². The van der Waals surface area contributed by atoms with Crippen molar-refractivity contribution in [3.8, 4) is 11.5 Å². The quantitative estimate of drug-likeness (QED) is 0.482. The first-order valence-corrected chi connectivity index (χ1v) is 7.58. The Bertz CT molecular complexity index is 728. The molecule has 2 rings (SSSR count). The third-order valence-electron chi connectivity index (χ3n) is 4.16. The second-order valence-corrected chi connectivity index (χ2v) is 5.63. The van der Waals surface area contributed by atoms with Crippen LogP contribution in [-0.2, 0) is 19.2 Å². The van der Waals surface area contributed by atoms with Gasteiger partial charge in [-0.15, -0.1) is 0 Å². The molecule has 8 heteroatoms. The molecule has 0 aromatic heterocycles. The fourth-order valence-electron chi connectivity index (χ4n) is 3.00. The summed E-state index contributed by atoms with van der Waals surface area (Å²) in [6.07, 6.45) is -0.452. The van der Waals surface area contributed by atoms with Crippen LogP contribution in [-0.4, -0.2) is 49.1 Å². The van der Waals surface area contributed by atoms with Gasteiger partial charge in [-0.1, -0.05) is 0 Å². The Morgan fingerprint density at radius 1 is 1.20 bits per heavy atom. The van der Waals surface area contributed by atoms with Gasteiger partial charge in [0, 0.05) is 24.5 Å². The molecule has 1 aromatic carbocycles. The summed E-state index contributed by atoms with van der Waals surface area (Å²) in [6, 6.07) is 3.84. The van der Waals surface area contributed by atoms with Crippen LogP contribution in [0.2, 0.25) is 0 Å². The van der Waals surface area contributed by atoms with E-state index in [9.17, 15) is 24.3 Å². The molecular formula is C17H18NO7-. The minimum atomic E-state index is -1.36. The highest BCUT2D eigenvalue weighted by atomic mass is 16.5. The summed E-state index contributed by atoms with van der Waals surface area (Å²) < 4.78 is 10.4. The van der Waals surface area contributed by atoms with Crippen LogP contribution in [0.5, 0.6) is 11.5 Å². The zero-order chi connectivity index (χ0) is 18.7. The number of hydrogen-bond donors (Lipinski definition) is 0. The number of rotatable bonds is 7. The van der Waals surface area contributed by atoms with Gasteiger partial charge in [0.25, 0.3) is 5.91 Å². The normalized spacial score (nSPS) is 19.9. The number of carboxylic acids is 1. The van der Waals surface area contributed by atoms with Gasteiger partial charge in [0.15, 0.2) is 0 Å². The first-order valence-electron chi connectivity index (χ1n) is 7.58. The minimum Gasteiger partial charge on any atom is -0.550 e. The zero-order valence-corrected chi connectivity index (χ0v) is 14.1. The first kappa shape index (κ1) is 18.4. The second kappa shape index (κ2) is 7.33. The fourth-order valence-corrected chi connectivity index (χ4v) is 3.00. The predicted octanol–water partition coefficient (Wildman–Crippen LogP) is -0.499. The van der Waals surface area contributed by atoms with E-state index < -0.39 is 41.8 Å². The maximum atomic E-state index is 12.3. The van der Waals surface area contributed by atoms with Crippen LogP contribution in [0.25, 0.3) is 0 Å². The van der Waals surface area contributed by atoms with Gasteiger partial charge in [-0.3, -0.25) is 14.4 Å². The van der Waals surface area contributed by atoms with Crippen molar-refractivity contribution in [1.82, 2.24) is 4.90 Å². The number of nitrogens with zero attached hydrogens (tertiary/aromatic N) is 1. The summed E-state index contributed by atoms with van der Waals surface area (Å²) in [7, 11) is 2.87. The molecule has 1 aliphatic rings. The lowest BCUT2D eigenvalue weighted by Crippen LogP contribution is -2.35. The zero-order valence-electron chi connectivity index (χ0n) is 14.1. The number of hydrogen-bond acceptors (Lipinski definition) is 7. The molecule has 1 fully saturated rings. The van der Waals surface area contributed by atoms with Gasteiger partial charge in [-0.25, -0.2) is 0 Å². The van der Waals surface area contributed by atoms with E-state index in [-0.39, 0.29) is 6.54 Å². The number of ketones is 2. The second-order valence-electron chi connectivity index (χ2n) is 5.63. The van der Waals surface area contributed by atoms with Crippen LogP contribution in [0.15, 0.2) is 18.2 Å². The average molecular weight is 348 g/mol. The molecule has 134 valence electrons. The molecule has 0 aliphatic carbocycles. The minimum absolute atomic E-state index is 0.248. The summed E-state index contributed by atoms with van der Waals surface area (Å²) in [5, 5.41) is 10.8. The summed E-state index contributed by atoms with van der Waals surface area (Å²) >= 11 is 0. The average Bonchev–Trinajstić information content (AvgIpc) is 2.83. The van der Waals surface area contributed by atoms with E-state index in [0.29, 0.717) is 17.1 Å². The highest BCUT2D eigenvalue weighted by Crippen LogP contribution is 2.42. The van der Waals surface area contributed by atoms with Crippen LogP contribution in [0.3, 0.4) is 0 Å². The number of methoxy groups -OCH3 is 2. The number of ether oxygens (including phenoxy) is 2. The summed E-state index contributed by atoms with van der Waals surface area (Å²) in [5.41, 5.74) is 0.402. The van der Waals surface area contributed by atoms with E-state index in [1.54, 1.807) is 18.2 Å². The van der Waals surface area contributed by atoms with Crippen LogP contribution < -0.4 is 14.6 Å².